The van der Waals surface area contributed by atoms with Crippen LogP contribution in [0.15, 0.2) is 0 Å². The summed E-state index contributed by atoms with van der Waals surface area (Å²) in [5, 5.41) is 4.36. The van der Waals surface area contributed by atoms with E-state index in [2.05, 4.69) is 5.10 Å². The highest BCUT2D eigenvalue weighted by Gasteiger charge is 2.13. The molecule has 0 unspecified atom stereocenters. The van der Waals surface area contributed by atoms with Crippen LogP contribution in [0.1, 0.15) is 30.8 Å². The molecule has 2 N–H and O–H groups in total. The zero-order valence-corrected chi connectivity index (χ0v) is 8.89. The van der Waals surface area contributed by atoms with E-state index in [4.69, 9.17) is 5.73 Å². The van der Waals surface area contributed by atoms with Crippen molar-refractivity contribution in [2.75, 3.05) is 6.67 Å². The monoisotopic (exact) mass is 199 g/mol. The van der Waals surface area contributed by atoms with Gasteiger partial charge in [0.1, 0.15) is 6.67 Å². The normalized spacial score (nSPS) is 10.9. The summed E-state index contributed by atoms with van der Waals surface area (Å²) in [7, 11) is 0. The maximum Gasteiger partial charge on any atom is 0.109 e. The SMILES string of the molecule is CCc1nn(CCF)c(CC)c1CN. The van der Waals surface area contributed by atoms with Crippen LogP contribution in [-0.2, 0) is 25.9 Å². The van der Waals surface area contributed by atoms with Crippen molar-refractivity contribution in [3.63, 3.8) is 0 Å². The first-order valence-electron chi connectivity index (χ1n) is 5.11. The van der Waals surface area contributed by atoms with E-state index in [1.54, 1.807) is 4.68 Å². The van der Waals surface area contributed by atoms with E-state index in [9.17, 15) is 4.39 Å². The summed E-state index contributed by atoms with van der Waals surface area (Å²) < 4.78 is 14.0. The van der Waals surface area contributed by atoms with E-state index < -0.39 is 0 Å². The first-order valence-corrected chi connectivity index (χ1v) is 5.11. The Morgan fingerprint density at radius 3 is 2.50 bits per heavy atom. The Bertz CT molecular complexity index is 294. The van der Waals surface area contributed by atoms with E-state index in [1.807, 2.05) is 13.8 Å². The first-order chi connectivity index (χ1) is 6.78. The molecule has 0 radical (unpaired) electrons. The molecule has 1 heterocycles. The molecule has 0 saturated carbocycles. The number of rotatable bonds is 5. The molecule has 14 heavy (non-hydrogen) atoms. The topological polar surface area (TPSA) is 43.8 Å². The zero-order valence-electron chi connectivity index (χ0n) is 8.89. The molecule has 0 aromatic carbocycles. The van der Waals surface area contributed by atoms with Crippen LogP contribution in [0.4, 0.5) is 4.39 Å². The summed E-state index contributed by atoms with van der Waals surface area (Å²) in [6.07, 6.45) is 1.72. The third-order valence-corrected chi connectivity index (χ3v) is 2.42. The lowest BCUT2D eigenvalue weighted by molar-refractivity contribution is 0.419. The van der Waals surface area contributed by atoms with Crippen molar-refractivity contribution >= 4 is 0 Å². The molecule has 0 aliphatic heterocycles. The minimum atomic E-state index is -0.373. The third kappa shape index (κ3) is 1.95. The molecule has 4 heteroatoms. The Kier molecular flexibility index (Phi) is 4.07. The van der Waals surface area contributed by atoms with Gasteiger partial charge in [-0.2, -0.15) is 5.10 Å². The van der Waals surface area contributed by atoms with Crippen LogP contribution in [-0.4, -0.2) is 16.5 Å². The van der Waals surface area contributed by atoms with Crippen LogP contribution < -0.4 is 5.73 Å². The van der Waals surface area contributed by atoms with Crippen molar-refractivity contribution in [3.05, 3.63) is 17.0 Å². The Labute approximate surface area is 84.1 Å². The fourth-order valence-electron chi connectivity index (χ4n) is 1.77. The molecule has 80 valence electrons. The summed E-state index contributed by atoms with van der Waals surface area (Å²) in [6, 6.07) is 0. The van der Waals surface area contributed by atoms with Gasteiger partial charge in [0.05, 0.1) is 12.2 Å². The summed E-state index contributed by atoms with van der Waals surface area (Å²) >= 11 is 0. The van der Waals surface area contributed by atoms with Crippen molar-refractivity contribution in [3.8, 4) is 0 Å². The zero-order chi connectivity index (χ0) is 10.6. The molecule has 0 bridgehead atoms. The van der Waals surface area contributed by atoms with Crippen molar-refractivity contribution < 1.29 is 4.39 Å². The molecule has 0 saturated heterocycles. The number of nitrogens with two attached hydrogens (primary N) is 1. The number of hydrogen-bond acceptors (Lipinski definition) is 2. The number of halogens is 1. The van der Waals surface area contributed by atoms with Crippen LogP contribution in [0.2, 0.25) is 0 Å². The lowest BCUT2D eigenvalue weighted by Crippen LogP contribution is -2.08. The molecular weight excluding hydrogens is 181 g/mol. The Hall–Kier alpha value is -0.900. The standard InChI is InChI=1S/C10H18FN3/c1-3-9-8(7-12)10(4-2)14(13-9)6-5-11/h3-7,12H2,1-2H3. The number of alkyl halides is 1. The first kappa shape index (κ1) is 11.2. The average Bonchev–Trinajstić information content (AvgIpc) is 2.55. The minimum absolute atomic E-state index is 0.343. The van der Waals surface area contributed by atoms with Crippen molar-refractivity contribution in [1.29, 1.82) is 0 Å². The largest absolute Gasteiger partial charge is 0.326 e. The molecule has 0 atom stereocenters. The molecule has 0 aliphatic rings. The maximum atomic E-state index is 12.3. The van der Waals surface area contributed by atoms with Gasteiger partial charge in [-0.25, -0.2) is 4.39 Å². The summed E-state index contributed by atoms with van der Waals surface area (Å²) in [5.74, 6) is 0. The summed E-state index contributed by atoms with van der Waals surface area (Å²) in [6.45, 7) is 4.56. The Balaban J connectivity index is 3.10. The molecule has 1 aromatic rings. The molecule has 1 aromatic heterocycles. The average molecular weight is 199 g/mol. The number of hydrogen-bond donors (Lipinski definition) is 1. The number of aryl methyl sites for hydroxylation is 2. The molecule has 0 spiro atoms. The van der Waals surface area contributed by atoms with E-state index in [0.29, 0.717) is 13.1 Å². The Morgan fingerprint density at radius 1 is 1.36 bits per heavy atom. The minimum Gasteiger partial charge on any atom is -0.326 e. The summed E-state index contributed by atoms with van der Waals surface area (Å²) in [5.41, 5.74) is 8.86. The maximum absolute atomic E-state index is 12.3. The molecule has 0 aliphatic carbocycles. The van der Waals surface area contributed by atoms with E-state index >= 15 is 0 Å². The highest BCUT2D eigenvalue weighted by Crippen LogP contribution is 2.15. The predicted molar refractivity (Wildman–Crippen MR) is 54.8 cm³/mol. The van der Waals surface area contributed by atoms with Gasteiger partial charge in [-0.1, -0.05) is 13.8 Å². The van der Waals surface area contributed by atoms with Gasteiger partial charge in [0.15, 0.2) is 0 Å². The lowest BCUT2D eigenvalue weighted by atomic mass is 10.1. The third-order valence-electron chi connectivity index (χ3n) is 2.42. The van der Waals surface area contributed by atoms with E-state index in [0.717, 1.165) is 29.8 Å². The van der Waals surface area contributed by atoms with Gasteiger partial charge < -0.3 is 5.73 Å². The van der Waals surface area contributed by atoms with Gasteiger partial charge in [0.25, 0.3) is 0 Å². The van der Waals surface area contributed by atoms with Crippen LogP contribution in [0.3, 0.4) is 0 Å². The lowest BCUT2D eigenvalue weighted by Gasteiger charge is -2.03. The Morgan fingerprint density at radius 2 is 2.07 bits per heavy atom. The van der Waals surface area contributed by atoms with Gasteiger partial charge in [0, 0.05) is 17.8 Å². The quantitative estimate of drug-likeness (QED) is 0.779. The smallest absolute Gasteiger partial charge is 0.109 e. The molecule has 1 rings (SSSR count). The number of aromatic nitrogens is 2. The highest BCUT2D eigenvalue weighted by atomic mass is 19.1. The van der Waals surface area contributed by atoms with Gasteiger partial charge in [0.2, 0.25) is 0 Å². The highest BCUT2D eigenvalue weighted by molar-refractivity contribution is 5.26. The second-order valence-electron chi connectivity index (χ2n) is 3.20. The van der Waals surface area contributed by atoms with E-state index in [1.165, 1.54) is 0 Å². The van der Waals surface area contributed by atoms with Gasteiger partial charge >= 0.3 is 0 Å². The van der Waals surface area contributed by atoms with Crippen molar-refractivity contribution in [1.82, 2.24) is 9.78 Å². The second kappa shape index (κ2) is 5.10. The molecule has 0 amide bonds. The van der Waals surface area contributed by atoms with Crippen molar-refractivity contribution in [2.45, 2.75) is 39.8 Å². The molecule has 0 fully saturated rings. The second-order valence-corrected chi connectivity index (χ2v) is 3.20. The molecule has 3 nitrogen and oxygen atoms in total. The van der Waals surface area contributed by atoms with Crippen LogP contribution in [0, 0.1) is 0 Å². The molecular formula is C10H18FN3. The van der Waals surface area contributed by atoms with Crippen LogP contribution in [0.5, 0.6) is 0 Å². The van der Waals surface area contributed by atoms with Crippen LogP contribution >= 0.6 is 0 Å². The van der Waals surface area contributed by atoms with E-state index in [-0.39, 0.29) is 6.67 Å². The van der Waals surface area contributed by atoms with Crippen LogP contribution in [0.25, 0.3) is 0 Å². The fraction of sp³-hybridized carbons (Fsp3) is 0.700. The van der Waals surface area contributed by atoms with Crippen molar-refractivity contribution in [2.24, 2.45) is 5.73 Å². The predicted octanol–water partition coefficient (Wildman–Crippen LogP) is 1.44. The van der Waals surface area contributed by atoms with Gasteiger partial charge in [-0.15, -0.1) is 0 Å². The van der Waals surface area contributed by atoms with Gasteiger partial charge in [-0.05, 0) is 12.8 Å². The fourth-order valence-corrected chi connectivity index (χ4v) is 1.77. The number of nitrogens with zero attached hydrogens (tertiary/aromatic N) is 2. The summed E-state index contributed by atoms with van der Waals surface area (Å²) in [4.78, 5) is 0. The van der Waals surface area contributed by atoms with Gasteiger partial charge in [-0.3, -0.25) is 4.68 Å².